The lowest BCUT2D eigenvalue weighted by atomic mass is 10.2. The molecule has 0 spiro atoms. The van der Waals surface area contributed by atoms with Crippen molar-refractivity contribution in [2.45, 2.75) is 40.8 Å². The van der Waals surface area contributed by atoms with Gasteiger partial charge in [0.2, 0.25) is 5.96 Å². The van der Waals surface area contributed by atoms with E-state index in [9.17, 15) is 4.79 Å². The number of nitrogens with one attached hydrogen (secondary N) is 2. The molecule has 0 aliphatic heterocycles. The molecule has 2 aromatic carbocycles. The van der Waals surface area contributed by atoms with Gasteiger partial charge in [0.05, 0.1) is 26.5 Å². The van der Waals surface area contributed by atoms with E-state index in [1.54, 1.807) is 25.3 Å². The number of ether oxygens (including phenoxy) is 2. The molecule has 1 aromatic heterocycles. The summed E-state index contributed by atoms with van der Waals surface area (Å²) < 4.78 is 12.5. The first-order chi connectivity index (χ1) is 15.9. The molecule has 3 rings (SSSR count). The van der Waals surface area contributed by atoms with Crippen molar-refractivity contribution in [1.29, 1.82) is 0 Å². The van der Waals surface area contributed by atoms with Gasteiger partial charge in [0.1, 0.15) is 0 Å². The number of anilines is 1. The van der Waals surface area contributed by atoms with Crippen LogP contribution in [0.25, 0.3) is 0 Å². The zero-order valence-electron chi connectivity index (χ0n) is 20.0. The summed E-state index contributed by atoms with van der Waals surface area (Å²) in [6.07, 6.45) is 0. The Labute approximate surface area is 194 Å². The lowest BCUT2D eigenvalue weighted by molar-refractivity contribution is 0.0976. The lowest BCUT2D eigenvalue weighted by Gasteiger charge is -2.14. The number of carbonyl (C=O) groups is 1. The smallest absolute Gasteiger partial charge is 0.258 e. The molecule has 8 heteroatoms. The van der Waals surface area contributed by atoms with Gasteiger partial charge in [0.15, 0.2) is 11.5 Å². The molecule has 0 atom stereocenters. The minimum atomic E-state index is -0.312. The van der Waals surface area contributed by atoms with Crippen molar-refractivity contribution in [3.8, 4) is 11.5 Å². The number of hydrogen-bond donors (Lipinski definition) is 2. The van der Waals surface area contributed by atoms with Crippen LogP contribution in [0.15, 0.2) is 47.5 Å². The van der Waals surface area contributed by atoms with E-state index in [1.165, 1.54) is 7.11 Å². The summed E-state index contributed by atoms with van der Waals surface area (Å²) in [6, 6.07) is 12.9. The highest BCUT2D eigenvalue weighted by Gasteiger charge is 2.15. The lowest BCUT2D eigenvalue weighted by Crippen LogP contribution is -2.36. The standard InChI is InChI=1S/C25H31N5O3/c1-7-30-18(4)21(17(3)29-30)15-26-25(27-20-10-8-9-16(2)13-20)28-24(31)19-11-12-22(32-5)23(14-19)33-6/h8-14H,7,15H2,1-6H3,(H2,26,27,28,31). The van der Waals surface area contributed by atoms with Gasteiger partial charge in [-0.2, -0.15) is 5.10 Å². The molecule has 0 saturated heterocycles. The maximum atomic E-state index is 13.0. The van der Waals surface area contributed by atoms with Gasteiger partial charge in [-0.1, -0.05) is 12.1 Å². The van der Waals surface area contributed by atoms with Gasteiger partial charge in [0, 0.05) is 29.1 Å². The summed E-state index contributed by atoms with van der Waals surface area (Å²) >= 11 is 0. The molecule has 174 valence electrons. The van der Waals surface area contributed by atoms with Crippen LogP contribution in [-0.2, 0) is 13.1 Å². The molecule has 1 heterocycles. The average Bonchev–Trinajstić information content (AvgIpc) is 3.09. The Balaban J connectivity index is 1.89. The van der Waals surface area contributed by atoms with Gasteiger partial charge in [-0.15, -0.1) is 0 Å². The summed E-state index contributed by atoms with van der Waals surface area (Å²) in [4.78, 5) is 17.7. The molecule has 8 nitrogen and oxygen atoms in total. The van der Waals surface area contributed by atoms with E-state index in [0.717, 1.165) is 34.7 Å². The van der Waals surface area contributed by atoms with Crippen molar-refractivity contribution >= 4 is 17.6 Å². The van der Waals surface area contributed by atoms with Crippen molar-refractivity contribution in [2.24, 2.45) is 4.99 Å². The van der Waals surface area contributed by atoms with Crippen LogP contribution in [0.5, 0.6) is 11.5 Å². The zero-order chi connectivity index (χ0) is 24.0. The van der Waals surface area contributed by atoms with Gasteiger partial charge in [-0.3, -0.25) is 14.8 Å². The maximum Gasteiger partial charge on any atom is 0.258 e. The van der Waals surface area contributed by atoms with Gasteiger partial charge < -0.3 is 14.8 Å². The number of nitrogens with zero attached hydrogens (tertiary/aromatic N) is 3. The van der Waals surface area contributed by atoms with Crippen LogP contribution in [0, 0.1) is 20.8 Å². The molecule has 1 amide bonds. The average molecular weight is 450 g/mol. The fraction of sp³-hybridized carbons (Fsp3) is 0.320. The third-order valence-corrected chi connectivity index (χ3v) is 5.38. The van der Waals surface area contributed by atoms with Crippen molar-refractivity contribution < 1.29 is 14.3 Å². The summed E-state index contributed by atoms with van der Waals surface area (Å²) in [5.74, 6) is 1.07. The van der Waals surface area contributed by atoms with E-state index < -0.39 is 0 Å². The predicted molar refractivity (Wildman–Crippen MR) is 130 cm³/mol. The Hall–Kier alpha value is -3.81. The predicted octanol–water partition coefficient (Wildman–Crippen LogP) is 4.24. The van der Waals surface area contributed by atoms with E-state index in [2.05, 4.69) is 22.7 Å². The number of benzene rings is 2. The molecule has 0 radical (unpaired) electrons. The summed E-state index contributed by atoms with van der Waals surface area (Å²) in [5.41, 5.74) is 5.40. The largest absolute Gasteiger partial charge is 0.493 e. The van der Waals surface area contributed by atoms with Crippen LogP contribution >= 0.6 is 0 Å². The Morgan fingerprint density at radius 1 is 1.06 bits per heavy atom. The van der Waals surface area contributed by atoms with Crippen molar-refractivity contribution in [1.82, 2.24) is 15.1 Å². The Kier molecular flexibility index (Phi) is 7.71. The van der Waals surface area contributed by atoms with Gasteiger partial charge in [-0.05, 0) is 63.6 Å². The molecule has 0 bridgehead atoms. The van der Waals surface area contributed by atoms with Gasteiger partial charge in [0.25, 0.3) is 5.91 Å². The molecule has 0 unspecified atom stereocenters. The minimum absolute atomic E-state index is 0.312. The van der Waals surface area contributed by atoms with E-state index in [1.807, 2.05) is 49.7 Å². The van der Waals surface area contributed by atoms with E-state index >= 15 is 0 Å². The van der Waals surface area contributed by atoms with Crippen LogP contribution in [0.3, 0.4) is 0 Å². The number of carbonyl (C=O) groups excluding carboxylic acids is 1. The summed E-state index contributed by atoms with van der Waals surface area (Å²) in [6.45, 7) is 9.25. The molecule has 3 aromatic rings. The van der Waals surface area contributed by atoms with Crippen LogP contribution in [-0.4, -0.2) is 35.9 Å². The van der Waals surface area contributed by atoms with Crippen molar-refractivity contribution in [3.05, 3.63) is 70.5 Å². The monoisotopic (exact) mass is 449 g/mol. The fourth-order valence-corrected chi connectivity index (χ4v) is 3.56. The molecule has 0 aliphatic carbocycles. The minimum Gasteiger partial charge on any atom is -0.493 e. The molecule has 33 heavy (non-hydrogen) atoms. The SMILES string of the molecule is CCn1nc(C)c(CN=C(NC(=O)c2ccc(OC)c(OC)c2)Nc2cccc(C)c2)c1C. The van der Waals surface area contributed by atoms with E-state index in [4.69, 9.17) is 14.5 Å². The van der Waals surface area contributed by atoms with E-state index in [0.29, 0.717) is 29.6 Å². The molecular weight excluding hydrogens is 418 g/mol. The van der Waals surface area contributed by atoms with Crippen LogP contribution in [0.4, 0.5) is 5.69 Å². The van der Waals surface area contributed by atoms with Crippen molar-refractivity contribution in [2.75, 3.05) is 19.5 Å². The normalized spacial score (nSPS) is 11.3. The quantitative estimate of drug-likeness (QED) is 0.416. The second-order valence-electron chi connectivity index (χ2n) is 7.65. The fourth-order valence-electron chi connectivity index (χ4n) is 3.56. The highest BCUT2D eigenvalue weighted by molar-refractivity contribution is 6.10. The topological polar surface area (TPSA) is 89.8 Å². The highest BCUT2D eigenvalue weighted by Crippen LogP contribution is 2.27. The van der Waals surface area contributed by atoms with Crippen LogP contribution in [0.2, 0.25) is 0 Å². The third kappa shape index (κ3) is 5.71. The first-order valence-electron chi connectivity index (χ1n) is 10.8. The van der Waals surface area contributed by atoms with E-state index in [-0.39, 0.29) is 5.91 Å². The molecule has 0 fully saturated rings. The zero-order valence-corrected chi connectivity index (χ0v) is 20.0. The summed E-state index contributed by atoms with van der Waals surface area (Å²) in [7, 11) is 3.09. The Morgan fingerprint density at radius 2 is 1.82 bits per heavy atom. The highest BCUT2D eigenvalue weighted by atomic mass is 16.5. The number of amides is 1. The number of methoxy groups -OCH3 is 2. The van der Waals surface area contributed by atoms with Gasteiger partial charge in [-0.25, -0.2) is 4.99 Å². The van der Waals surface area contributed by atoms with Gasteiger partial charge >= 0.3 is 0 Å². The first kappa shape index (κ1) is 23.8. The number of rotatable bonds is 7. The summed E-state index contributed by atoms with van der Waals surface area (Å²) in [5, 5.41) is 10.7. The molecule has 0 saturated carbocycles. The van der Waals surface area contributed by atoms with Crippen LogP contribution < -0.4 is 20.1 Å². The molecule has 2 N–H and O–H groups in total. The number of aromatic nitrogens is 2. The molecule has 0 aliphatic rings. The molecular formula is C25H31N5O3. The Morgan fingerprint density at radius 3 is 2.45 bits per heavy atom. The second kappa shape index (κ2) is 10.7. The number of aryl methyl sites for hydroxylation is 3. The number of guanidine groups is 1. The van der Waals surface area contributed by atoms with Crippen molar-refractivity contribution in [3.63, 3.8) is 0 Å². The third-order valence-electron chi connectivity index (χ3n) is 5.38. The number of aliphatic imine (C=N–C) groups is 1. The maximum absolute atomic E-state index is 13.0. The number of hydrogen-bond acceptors (Lipinski definition) is 5. The first-order valence-corrected chi connectivity index (χ1v) is 10.8. The second-order valence-corrected chi connectivity index (χ2v) is 7.65. The Bertz CT molecular complexity index is 1170. The van der Waals surface area contributed by atoms with Crippen LogP contribution in [0.1, 0.15) is 39.8 Å².